The minimum Gasteiger partial charge on any atom is -0.463 e. The molecule has 0 aromatic heterocycles. The first kappa shape index (κ1) is 25.9. The number of rotatable bonds is 11. The van der Waals surface area contributed by atoms with Crippen molar-refractivity contribution in [2.24, 2.45) is 0 Å². The molecule has 0 aliphatic heterocycles. The van der Waals surface area contributed by atoms with E-state index in [1.807, 2.05) is 0 Å². The van der Waals surface area contributed by atoms with Gasteiger partial charge in [0.15, 0.2) is 0 Å². The van der Waals surface area contributed by atoms with Crippen molar-refractivity contribution in [3.8, 4) is 22.3 Å². The average Bonchev–Trinajstić information content (AvgIpc) is 2.95. The van der Waals surface area contributed by atoms with Gasteiger partial charge in [-0.1, -0.05) is 92.6 Å². The zero-order chi connectivity index (χ0) is 25.2. The molecule has 3 nitrogen and oxygen atoms in total. The van der Waals surface area contributed by atoms with Crippen molar-refractivity contribution in [1.29, 1.82) is 0 Å². The van der Waals surface area contributed by atoms with E-state index in [9.17, 15) is 4.79 Å². The van der Waals surface area contributed by atoms with Crippen molar-refractivity contribution in [2.45, 2.75) is 63.7 Å². The largest absolute Gasteiger partial charge is 0.463 e. The van der Waals surface area contributed by atoms with E-state index in [1.54, 1.807) is 0 Å². The number of ether oxygens (including phenoxy) is 1. The number of hydrogen-bond acceptors (Lipinski definition) is 3. The summed E-state index contributed by atoms with van der Waals surface area (Å²) in [5, 5.41) is 9.11. The maximum absolute atomic E-state index is 11.4. The molecule has 1 aliphatic rings. The summed E-state index contributed by atoms with van der Waals surface area (Å²) in [4.78, 5) is 11.4. The van der Waals surface area contributed by atoms with E-state index in [-0.39, 0.29) is 12.6 Å². The summed E-state index contributed by atoms with van der Waals surface area (Å²) in [5.74, 6) is 0.338. The van der Waals surface area contributed by atoms with Crippen LogP contribution in [0.1, 0.15) is 67.6 Å². The maximum atomic E-state index is 11.4. The summed E-state index contributed by atoms with van der Waals surface area (Å²) in [6.07, 6.45) is 11.1. The first-order valence-corrected chi connectivity index (χ1v) is 13.4. The van der Waals surface area contributed by atoms with Gasteiger partial charge in [0.25, 0.3) is 0 Å². The van der Waals surface area contributed by atoms with E-state index in [0.717, 1.165) is 25.7 Å². The Morgan fingerprint density at radius 3 is 2.25 bits per heavy atom. The lowest BCUT2D eigenvalue weighted by molar-refractivity contribution is -0.137. The number of aliphatic hydroxyl groups is 1. The number of benzene rings is 3. The second kappa shape index (κ2) is 13.2. The molecule has 3 heteroatoms. The lowest BCUT2D eigenvalue weighted by Gasteiger charge is -2.22. The monoisotopic (exact) mass is 482 g/mol. The molecule has 1 saturated carbocycles. The van der Waals surface area contributed by atoms with E-state index >= 15 is 0 Å². The Morgan fingerprint density at radius 1 is 0.861 bits per heavy atom. The van der Waals surface area contributed by atoms with Crippen LogP contribution in [-0.4, -0.2) is 24.3 Å². The van der Waals surface area contributed by atoms with E-state index in [0.29, 0.717) is 12.5 Å². The van der Waals surface area contributed by atoms with Gasteiger partial charge in [-0.3, -0.25) is 0 Å². The minimum absolute atomic E-state index is 0.214. The maximum Gasteiger partial charge on any atom is 0.330 e. The van der Waals surface area contributed by atoms with Gasteiger partial charge in [0, 0.05) is 12.7 Å². The van der Waals surface area contributed by atoms with E-state index in [2.05, 4.69) is 73.3 Å². The van der Waals surface area contributed by atoms with Crippen LogP contribution in [0.2, 0.25) is 0 Å². The smallest absolute Gasteiger partial charge is 0.330 e. The Morgan fingerprint density at radius 2 is 1.56 bits per heavy atom. The highest BCUT2D eigenvalue weighted by Crippen LogP contribution is 2.35. The van der Waals surface area contributed by atoms with Crippen LogP contribution in [0.15, 0.2) is 79.4 Å². The van der Waals surface area contributed by atoms with Crippen LogP contribution in [0.25, 0.3) is 22.3 Å². The fraction of sp³-hybridized carbons (Fsp3) is 0.364. The van der Waals surface area contributed by atoms with Gasteiger partial charge in [-0.05, 0) is 83.4 Å². The van der Waals surface area contributed by atoms with Gasteiger partial charge in [-0.25, -0.2) is 4.79 Å². The van der Waals surface area contributed by atoms with Crippen molar-refractivity contribution in [1.82, 2.24) is 0 Å². The van der Waals surface area contributed by atoms with E-state index in [1.165, 1.54) is 77.1 Å². The van der Waals surface area contributed by atoms with Gasteiger partial charge in [0.2, 0.25) is 0 Å². The third-order valence-corrected chi connectivity index (χ3v) is 7.32. The zero-order valence-corrected chi connectivity index (χ0v) is 21.3. The molecular weight excluding hydrogens is 444 g/mol. The molecule has 0 atom stereocenters. The molecular formula is C33H38O3. The normalized spacial score (nSPS) is 13.9. The SMILES string of the molecule is C=CC(=O)OCCCc1cc(-c2ccc(C3CCCCC3)cc2)ccc1-c1ccc(CCCO)cc1. The van der Waals surface area contributed by atoms with Crippen LogP contribution in [0.5, 0.6) is 0 Å². The Balaban J connectivity index is 1.56. The Kier molecular flexibility index (Phi) is 9.52. The summed E-state index contributed by atoms with van der Waals surface area (Å²) in [6, 6.07) is 24.5. The number of hydrogen-bond donors (Lipinski definition) is 1. The van der Waals surface area contributed by atoms with Gasteiger partial charge >= 0.3 is 5.97 Å². The molecule has 1 fully saturated rings. The summed E-state index contributed by atoms with van der Waals surface area (Å²) in [5.41, 5.74) is 8.80. The van der Waals surface area contributed by atoms with Gasteiger partial charge in [-0.2, -0.15) is 0 Å². The molecule has 36 heavy (non-hydrogen) atoms. The number of carbonyl (C=O) groups excluding carboxylic acids is 1. The van der Waals surface area contributed by atoms with Crippen molar-refractivity contribution in [3.05, 3.63) is 96.1 Å². The van der Waals surface area contributed by atoms with Crippen LogP contribution in [0, 0.1) is 0 Å². The van der Waals surface area contributed by atoms with E-state index < -0.39 is 0 Å². The predicted molar refractivity (Wildman–Crippen MR) is 148 cm³/mol. The molecule has 188 valence electrons. The summed E-state index contributed by atoms with van der Waals surface area (Å²) in [6.45, 7) is 4.06. The fourth-order valence-electron chi connectivity index (χ4n) is 5.27. The highest BCUT2D eigenvalue weighted by atomic mass is 16.5. The lowest BCUT2D eigenvalue weighted by Crippen LogP contribution is -2.04. The van der Waals surface area contributed by atoms with Crippen molar-refractivity contribution < 1.29 is 14.6 Å². The third-order valence-electron chi connectivity index (χ3n) is 7.32. The second-order valence-corrected chi connectivity index (χ2v) is 9.83. The summed E-state index contributed by atoms with van der Waals surface area (Å²) >= 11 is 0. The zero-order valence-electron chi connectivity index (χ0n) is 21.3. The molecule has 0 unspecified atom stereocenters. The van der Waals surface area contributed by atoms with Gasteiger partial charge < -0.3 is 9.84 Å². The molecule has 0 heterocycles. The Hall–Kier alpha value is -3.17. The molecule has 0 amide bonds. The first-order chi connectivity index (χ1) is 17.7. The van der Waals surface area contributed by atoms with Crippen LogP contribution in [0.4, 0.5) is 0 Å². The second-order valence-electron chi connectivity index (χ2n) is 9.83. The molecule has 4 rings (SSSR count). The van der Waals surface area contributed by atoms with Gasteiger partial charge in [-0.15, -0.1) is 0 Å². The number of aliphatic hydroxyl groups excluding tert-OH is 1. The van der Waals surface area contributed by atoms with Crippen LogP contribution >= 0.6 is 0 Å². The fourth-order valence-corrected chi connectivity index (χ4v) is 5.27. The highest BCUT2D eigenvalue weighted by molar-refractivity contribution is 5.81. The molecule has 0 saturated heterocycles. The van der Waals surface area contributed by atoms with Crippen LogP contribution in [-0.2, 0) is 22.4 Å². The van der Waals surface area contributed by atoms with Crippen LogP contribution < -0.4 is 0 Å². The quantitative estimate of drug-likeness (QED) is 0.173. The van der Waals surface area contributed by atoms with Gasteiger partial charge in [0.05, 0.1) is 6.61 Å². The lowest BCUT2D eigenvalue weighted by atomic mass is 9.83. The van der Waals surface area contributed by atoms with Gasteiger partial charge in [0.1, 0.15) is 0 Å². The molecule has 1 N–H and O–H groups in total. The van der Waals surface area contributed by atoms with E-state index in [4.69, 9.17) is 9.84 Å². The van der Waals surface area contributed by atoms with Crippen molar-refractivity contribution >= 4 is 5.97 Å². The third kappa shape index (κ3) is 6.95. The predicted octanol–water partition coefficient (Wildman–Crippen LogP) is 7.66. The molecule has 0 radical (unpaired) electrons. The van der Waals surface area contributed by atoms with Crippen LogP contribution in [0.3, 0.4) is 0 Å². The Bertz CT molecular complexity index is 1120. The first-order valence-electron chi connectivity index (χ1n) is 13.4. The number of aryl methyl sites for hydroxylation is 2. The Labute approximate surface area is 215 Å². The molecule has 1 aliphatic carbocycles. The summed E-state index contributed by atoms with van der Waals surface area (Å²) < 4.78 is 5.22. The molecule has 3 aromatic rings. The molecule has 0 spiro atoms. The minimum atomic E-state index is -0.375. The topological polar surface area (TPSA) is 46.5 Å². The van der Waals surface area contributed by atoms with Crippen molar-refractivity contribution in [3.63, 3.8) is 0 Å². The standard InChI is InChI=1S/C33H38O3/c1-2-33(35)36-23-7-11-31-24-30(28-18-16-27(17-19-28)26-9-4-3-5-10-26)20-21-32(31)29-14-12-25(13-15-29)8-6-22-34/h2,12-21,24,26,34H,1,3-11,22-23H2. The average molecular weight is 483 g/mol. The molecule has 3 aromatic carbocycles. The highest BCUT2D eigenvalue weighted by Gasteiger charge is 2.15. The van der Waals surface area contributed by atoms with Crippen molar-refractivity contribution in [2.75, 3.05) is 13.2 Å². The number of carbonyl (C=O) groups is 1. The molecule has 0 bridgehead atoms. The summed E-state index contributed by atoms with van der Waals surface area (Å²) in [7, 11) is 0. The number of esters is 1.